The van der Waals surface area contributed by atoms with E-state index in [1.54, 1.807) is 12.3 Å². The molecule has 18 heavy (non-hydrogen) atoms. The molecule has 1 aliphatic rings. The average molecular weight is 264 g/mol. The molecule has 0 N–H and O–H groups in total. The van der Waals surface area contributed by atoms with Crippen LogP contribution >= 0.6 is 11.6 Å². The lowest BCUT2D eigenvalue weighted by molar-refractivity contribution is 0.385. The summed E-state index contributed by atoms with van der Waals surface area (Å²) in [7, 11) is 0. The van der Waals surface area contributed by atoms with Crippen LogP contribution in [-0.4, -0.2) is 15.1 Å². The van der Waals surface area contributed by atoms with Crippen molar-refractivity contribution in [2.45, 2.75) is 38.0 Å². The van der Waals surface area contributed by atoms with E-state index >= 15 is 0 Å². The van der Waals surface area contributed by atoms with Crippen molar-refractivity contribution in [3.8, 4) is 11.5 Å². The van der Waals surface area contributed by atoms with Gasteiger partial charge in [-0.05, 0) is 25.0 Å². The van der Waals surface area contributed by atoms with Gasteiger partial charge in [-0.25, -0.2) is 4.98 Å². The Morgan fingerprint density at radius 2 is 2.00 bits per heavy atom. The second-order valence-corrected chi connectivity index (χ2v) is 5.05. The Bertz CT molecular complexity index is 517. The molecule has 2 aromatic heterocycles. The van der Waals surface area contributed by atoms with Gasteiger partial charge in [0.05, 0.1) is 5.56 Å². The Balaban J connectivity index is 1.82. The summed E-state index contributed by atoms with van der Waals surface area (Å²) in [5.41, 5.74) is 0.814. The molecular formula is C13H14ClN3O. The van der Waals surface area contributed by atoms with Gasteiger partial charge < -0.3 is 4.52 Å². The normalized spacial score (nSPS) is 16.9. The van der Waals surface area contributed by atoms with Gasteiger partial charge in [-0.3, -0.25) is 0 Å². The van der Waals surface area contributed by atoms with Gasteiger partial charge in [0, 0.05) is 12.1 Å². The second-order valence-electron chi connectivity index (χ2n) is 4.66. The lowest BCUT2D eigenvalue weighted by Crippen LogP contribution is -2.06. The smallest absolute Gasteiger partial charge is 0.259 e. The molecule has 2 aromatic rings. The Kier molecular flexibility index (Phi) is 3.28. The largest absolute Gasteiger partial charge is 0.334 e. The maximum Gasteiger partial charge on any atom is 0.259 e. The Labute approximate surface area is 110 Å². The quantitative estimate of drug-likeness (QED) is 0.773. The number of hydrogen-bond acceptors (Lipinski definition) is 4. The molecular weight excluding hydrogens is 250 g/mol. The van der Waals surface area contributed by atoms with Gasteiger partial charge in [0.25, 0.3) is 5.89 Å². The van der Waals surface area contributed by atoms with Gasteiger partial charge in [0.2, 0.25) is 0 Å². The molecule has 0 bridgehead atoms. The molecule has 0 saturated heterocycles. The van der Waals surface area contributed by atoms with E-state index in [1.807, 2.05) is 6.07 Å². The van der Waals surface area contributed by atoms with Crippen LogP contribution in [0.3, 0.4) is 0 Å². The summed E-state index contributed by atoms with van der Waals surface area (Å²) in [6.07, 6.45) is 7.83. The van der Waals surface area contributed by atoms with Crippen LogP contribution < -0.4 is 0 Å². The van der Waals surface area contributed by atoms with Crippen molar-refractivity contribution in [3.05, 3.63) is 29.3 Å². The molecule has 0 atom stereocenters. The lowest BCUT2D eigenvalue weighted by Gasteiger charge is -2.17. The van der Waals surface area contributed by atoms with E-state index in [1.165, 1.54) is 19.3 Å². The van der Waals surface area contributed by atoms with Crippen LogP contribution in [-0.2, 0) is 0 Å². The van der Waals surface area contributed by atoms with E-state index in [2.05, 4.69) is 15.1 Å². The molecule has 1 aliphatic carbocycles. The monoisotopic (exact) mass is 263 g/mol. The first-order valence-corrected chi connectivity index (χ1v) is 6.66. The van der Waals surface area contributed by atoms with Gasteiger partial charge in [0.15, 0.2) is 5.82 Å². The summed E-state index contributed by atoms with van der Waals surface area (Å²) in [5, 5.41) is 4.56. The SMILES string of the molecule is Clc1ccc(-c2nc(C3CCCCC3)no2)cn1. The van der Waals surface area contributed by atoms with Crippen LogP contribution in [0.5, 0.6) is 0 Å². The molecule has 0 unspecified atom stereocenters. The summed E-state index contributed by atoms with van der Waals surface area (Å²) in [4.78, 5) is 8.49. The van der Waals surface area contributed by atoms with Crippen LogP contribution in [0.1, 0.15) is 43.8 Å². The fraction of sp³-hybridized carbons (Fsp3) is 0.462. The van der Waals surface area contributed by atoms with Crippen molar-refractivity contribution in [1.82, 2.24) is 15.1 Å². The van der Waals surface area contributed by atoms with Crippen LogP contribution in [0.4, 0.5) is 0 Å². The topological polar surface area (TPSA) is 51.8 Å². The van der Waals surface area contributed by atoms with E-state index in [0.717, 1.165) is 24.2 Å². The number of pyridine rings is 1. The van der Waals surface area contributed by atoms with Crippen molar-refractivity contribution in [3.63, 3.8) is 0 Å². The number of rotatable bonds is 2. The molecule has 5 heteroatoms. The highest BCUT2D eigenvalue weighted by molar-refractivity contribution is 6.29. The summed E-state index contributed by atoms with van der Waals surface area (Å²) in [5.74, 6) is 1.82. The third-order valence-electron chi connectivity index (χ3n) is 3.39. The predicted octanol–water partition coefficient (Wildman–Crippen LogP) is 3.83. The molecule has 4 nitrogen and oxygen atoms in total. The zero-order valence-electron chi connectivity index (χ0n) is 9.97. The molecule has 1 fully saturated rings. The second kappa shape index (κ2) is 5.06. The highest BCUT2D eigenvalue weighted by Crippen LogP contribution is 2.31. The minimum Gasteiger partial charge on any atom is -0.334 e. The fourth-order valence-corrected chi connectivity index (χ4v) is 2.49. The highest BCUT2D eigenvalue weighted by atomic mass is 35.5. The molecule has 2 heterocycles. The first-order valence-electron chi connectivity index (χ1n) is 6.28. The first kappa shape index (κ1) is 11.7. The predicted molar refractivity (Wildman–Crippen MR) is 68.4 cm³/mol. The molecule has 1 saturated carbocycles. The molecule has 0 spiro atoms. The fourth-order valence-electron chi connectivity index (χ4n) is 2.38. The summed E-state index contributed by atoms with van der Waals surface area (Å²) >= 11 is 5.75. The van der Waals surface area contributed by atoms with Gasteiger partial charge in [-0.2, -0.15) is 4.98 Å². The van der Waals surface area contributed by atoms with E-state index < -0.39 is 0 Å². The maximum absolute atomic E-state index is 5.75. The zero-order valence-corrected chi connectivity index (χ0v) is 10.7. The lowest BCUT2D eigenvalue weighted by atomic mass is 9.89. The van der Waals surface area contributed by atoms with E-state index in [-0.39, 0.29) is 0 Å². The number of nitrogens with zero attached hydrogens (tertiary/aromatic N) is 3. The molecule has 0 aliphatic heterocycles. The van der Waals surface area contributed by atoms with Crippen LogP contribution in [0.2, 0.25) is 5.15 Å². The van der Waals surface area contributed by atoms with Crippen molar-refractivity contribution >= 4 is 11.6 Å². The zero-order chi connectivity index (χ0) is 12.4. The van der Waals surface area contributed by atoms with E-state index in [0.29, 0.717) is 17.0 Å². The van der Waals surface area contributed by atoms with E-state index in [4.69, 9.17) is 16.1 Å². The molecule has 0 radical (unpaired) electrons. The number of hydrogen-bond donors (Lipinski definition) is 0. The Morgan fingerprint density at radius 1 is 1.17 bits per heavy atom. The highest BCUT2D eigenvalue weighted by Gasteiger charge is 2.21. The van der Waals surface area contributed by atoms with Crippen LogP contribution in [0.15, 0.2) is 22.9 Å². The van der Waals surface area contributed by atoms with Gasteiger partial charge in [-0.1, -0.05) is 36.0 Å². The third kappa shape index (κ3) is 2.38. The van der Waals surface area contributed by atoms with Crippen LogP contribution in [0.25, 0.3) is 11.5 Å². The molecule has 0 aromatic carbocycles. The van der Waals surface area contributed by atoms with Gasteiger partial charge >= 0.3 is 0 Å². The van der Waals surface area contributed by atoms with Gasteiger partial charge in [-0.15, -0.1) is 0 Å². The third-order valence-corrected chi connectivity index (χ3v) is 3.61. The average Bonchev–Trinajstić information content (AvgIpc) is 2.90. The molecule has 0 amide bonds. The van der Waals surface area contributed by atoms with Crippen molar-refractivity contribution in [2.24, 2.45) is 0 Å². The standard InChI is InChI=1S/C13H14ClN3O/c14-11-7-6-10(8-15-11)13-16-12(17-18-13)9-4-2-1-3-5-9/h6-9H,1-5H2. The number of halogens is 1. The van der Waals surface area contributed by atoms with Crippen LogP contribution in [0, 0.1) is 0 Å². The van der Waals surface area contributed by atoms with Crippen molar-refractivity contribution < 1.29 is 4.52 Å². The maximum atomic E-state index is 5.75. The molecule has 3 rings (SSSR count). The first-order chi connectivity index (χ1) is 8.83. The summed E-state index contributed by atoms with van der Waals surface area (Å²) < 4.78 is 5.30. The van der Waals surface area contributed by atoms with E-state index in [9.17, 15) is 0 Å². The minimum absolute atomic E-state index is 0.455. The van der Waals surface area contributed by atoms with Gasteiger partial charge in [0.1, 0.15) is 5.15 Å². The summed E-state index contributed by atoms with van der Waals surface area (Å²) in [6, 6.07) is 3.56. The minimum atomic E-state index is 0.455. The van der Waals surface area contributed by atoms with Crippen molar-refractivity contribution in [2.75, 3.05) is 0 Å². The summed E-state index contributed by atoms with van der Waals surface area (Å²) in [6.45, 7) is 0. The Morgan fingerprint density at radius 3 is 2.72 bits per heavy atom. The number of aromatic nitrogens is 3. The molecule has 94 valence electrons. The Hall–Kier alpha value is -1.42. The van der Waals surface area contributed by atoms with Crippen molar-refractivity contribution in [1.29, 1.82) is 0 Å².